The Labute approximate surface area is 187 Å². The van der Waals surface area contributed by atoms with E-state index in [-0.39, 0.29) is 11.6 Å². The topological polar surface area (TPSA) is 92.2 Å². The fourth-order valence-corrected chi connectivity index (χ4v) is 6.63. The number of rotatable bonds is 5. The second-order valence-corrected chi connectivity index (χ2v) is 10.7. The van der Waals surface area contributed by atoms with Gasteiger partial charge < -0.3 is 20.8 Å². The Hall–Kier alpha value is -1.20. The normalized spacial score (nSPS) is 40.7. The van der Waals surface area contributed by atoms with Gasteiger partial charge in [0.05, 0.1) is 18.3 Å². The molecule has 4 aliphatic rings. The van der Waals surface area contributed by atoms with Crippen molar-refractivity contribution in [2.45, 2.75) is 89.9 Å². The van der Waals surface area contributed by atoms with Gasteiger partial charge in [-0.05, 0) is 91.6 Å². The van der Waals surface area contributed by atoms with Gasteiger partial charge in [-0.1, -0.05) is 50.3 Å². The summed E-state index contributed by atoms with van der Waals surface area (Å²) in [6.45, 7) is 8.88. The van der Waals surface area contributed by atoms with Crippen LogP contribution in [-0.2, 0) is 0 Å². The summed E-state index contributed by atoms with van der Waals surface area (Å²) in [5.41, 5.74) is 3.63. The third kappa shape index (κ3) is 5.08. The van der Waals surface area contributed by atoms with Gasteiger partial charge in [0, 0.05) is 6.42 Å². The largest absolute Gasteiger partial charge is 0.412 e. The minimum Gasteiger partial charge on any atom is -0.412 e. The minimum atomic E-state index is -0.621. The first-order valence-electron chi connectivity index (χ1n) is 12.1. The van der Waals surface area contributed by atoms with Crippen molar-refractivity contribution in [3.63, 3.8) is 0 Å². The Bertz CT molecular complexity index is 746. The van der Waals surface area contributed by atoms with Crippen LogP contribution in [0.25, 0.3) is 0 Å². The van der Waals surface area contributed by atoms with E-state index in [1.807, 2.05) is 0 Å². The molecule has 4 rings (SSSR count). The maximum absolute atomic E-state index is 10.2. The summed E-state index contributed by atoms with van der Waals surface area (Å²) in [5, 5.41) is 30.4. The highest BCUT2D eigenvalue weighted by Crippen LogP contribution is 2.59. The zero-order chi connectivity index (χ0) is 21.5. The van der Waals surface area contributed by atoms with Gasteiger partial charge in [0.15, 0.2) is 0 Å². The average molecular weight is 431 g/mol. The molecule has 7 atom stereocenters. The molecule has 31 heavy (non-hydrogen) atoms. The molecule has 0 heterocycles. The van der Waals surface area contributed by atoms with Crippen LogP contribution in [-0.4, -0.2) is 39.1 Å². The van der Waals surface area contributed by atoms with E-state index in [1.54, 1.807) is 0 Å². The molecule has 4 aliphatic carbocycles. The first-order chi connectivity index (χ1) is 14.3. The first kappa shape index (κ1) is 24.4. The van der Waals surface area contributed by atoms with Crippen LogP contribution in [0, 0.1) is 29.1 Å². The molecule has 0 bridgehead atoms. The van der Waals surface area contributed by atoms with E-state index in [0.717, 1.165) is 17.6 Å². The Balaban J connectivity index is 0.00000272. The highest BCUT2D eigenvalue weighted by molar-refractivity contribution is 5.38. The van der Waals surface area contributed by atoms with Gasteiger partial charge in [-0.3, -0.25) is 0 Å². The maximum atomic E-state index is 10.2. The molecule has 174 valence electrons. The van der Waals surface area contributed by atoms with Gasteiger partial charge in [0.25, 0.3) is 0 Å². The molecule has 4 nitrogen and oxygen atoms in total. The van der Waals surface area contributed by atoms with Crippen molar-refractivity contribution in [2.75, 3.05) is 0 Å². The molecule has 4 saturated carbocycles. The maximum Gasteiger partial charge on any atom is 0.0811 e. The number of aliphatic hydroxyl groups excluding tert-OH is 3. The van der Waals surface area contributed by atoms with E-state index in [4.69, 9.17) is 0 Å². The molecule has 0 aromatic carbocycles. The summed E-state index contributed by atoms with van der Waals surface area (Å²) < 4.78 is 0. The second kappa shape index (κ2) is 9.74. The summed E-state index contributed by atoms with van der Waals surface area (Å²) >= 11 is 0. The summed E-state index contributed by atoms with van der Waals surface area (Å²) in [6.07, 6.45) is 16.9. The van der Waals surface area contributed by atoms with Crippen molar-refractivity contribution in [3.8, 4) is 0 Å². The molecule has 0 aromatic rings. The Morgan fingerprint density at radius 2 is 1.84 bits per heavy atom. The van der Waals surface area contributed by atoms with E-state index in [0.29, 0.717) is 41.9 Å². The van der Waals surface area contributed by atoms with E-state index < -0.39 is 12.2 Å². The SMILES string of the molecule is C=C1C(=CC=C2CCC[C@]3(C)[C@@H]([C@H](C)/C=C/[C@@H](O)C4CC4)CC[C@@H]23)C[C@@H](O)CC1O.O. The van der Waals surface area contributed by atoms with Crippen LogP contribution >= 0.6 is 0 Å². The van der Waals surface area contributed by atoms with Crippen LogP contribution < -0.4 is 0 Å². The summed E-state index contributed by atoms with van der Waals surface area (Å²) in [4.78, 5) is 0. The van der Waals surface area contributed by atoms with Crippen molar-refractivity contribution in [1.82, 2.24) is 0 Å². The number of hydrogen-bond donors (Lipinski definition) is 3. The summed E-state index contributed by atoms with van der Waals surface area (Å²) in [7, 11) is 0. The fraction of sp³-hybridized carbons (Fsp3) is 0.704. The van der Waals surface area contributed by atoms with E-state index in [9.17, 15) is 15.3 Å². The van der Waals surface area contributed by atoms with Gasteiger partial charge in [0.1, 0.15) is 0 Å². The number of aliphatic hydroxyl groups is 3. The lowest BCUT2D eigenvalue weighted by molar-refractivity contribution is 0.0862. The molecular formula is C27H42O4. The molecule has 1 unspecified atom stereocenters. The third-order valence-electron chi connectivity index (χ3n) is 8.65. The van der Waals surface area contributed by atoms with Crippen molar-refractivity contribution in [1.29, 1.82) is 0 Å². The van der Waals surface area contributed by atoms with Crippen LogP contribution in [0.4, 0.5) is 0 Å². The van der Waals surface area contributed by atoms with E-state index in [1.165, 1.54) is 44.1 Å². The van der Waals surface area contributed by atoms with Crippen LogP contribution in [0.5, 0.6) is 0 Å². The molecule has 5 N–H and O–H groups in total. The molecule has 0 aliphatic heterocycles. The van der Waals surface area contributed by atoms with Gasteiger partial charge in [-0.25, -0.2) is 0 Å². The molecule has 4 fully saturated rings. The Morgan fingerprint density at radius 3 is 2.55 bits per heavy atom. The number of hydrogen-bond acceptors (Lipinski definition) is 3. The lowest BCUT2D eigenvalue weighted by atomic mass is 9.61. The quantitative estimate of drug-likeness (QED) is 0.569. The Morgan fingerprint density at radius 1 is 1.10 bits per heavy atom. The van der Waals surface area contributed by atoms with Crippen molar-refractivity contribution in [3.05, 3.63) is 47.6 Å². The van der Waals surface area contributed by atoms with Crippen molar-refractivity contribution < 1.29 is 20.8 Å². The van der Waals surface area contributed by atoms with Crippen LogP contribution in [0.2, 0.25) is 0 Å². The minimum absolute atomic E-state index is 0. The molecule has 0 spiro atoms. The molecule has 0 radical (unpaired) electrons. The highest BCUT2D eigenvalue weighted by atomic mass is 16.3. The number of allylic oxidation sites excluding steroid dienone is 4. The highest BCUT2D eigenvalue weighted by Gasteiger charge is 2.50. The molecule has 0 saturated heterocycles. The lowest BCUT2D eigenvalue weighted by Gasteiger charge is -2.44. The van der Waals surface area contributed by atoms with Crippen LogP contribution in [0.3, 0.4) is 0 Å². The van der Waals surface area contributed by atoms with Crippen molar-refractivity contribution >= 4 is 0 Å². The Kier molecular flexibility index (Phi) is 7.68. The zero-order valence-corrected chi connectivity index (χ0v) is 19.3. The van der Waals surface area contributed by atoms with Gasteiger partial charge >= 0.3 is 0 Å². The van der Waals surface area contributed by atoms with Gasteiger partial charge in [-0.2, -0.15) is 0 Å². The summed E-state index contributed by atoms with van der Waals surface area (Å²) in [5.74, 6) is 2.28. The van der Waals surface area contributed by atoms with Crippen LogP contribution in [0.15, 0.2) is 47.6 Å². The van der Waals surface area contributed by atoms with Gasteiger partial charge in [-0.15, -0.1) is 0 Å². The lowest BCUT2D eigenvalue weighted by Crippen LogP contribution is -2.35. The summed E-state index contributed by atoms with van der Waals surface area (Å²) in [6, 6.07) is 0. The fourth-order valence-electron chi connectivity index (χ4n) is 6.63. The molecule has 0 aromatic heterocycles. The molecule has 0 amide bonds. The van der Waals surface area contributed by atoms with E-state index in [2.05, 4.69) is 44.7 Å². The smallest absolute Gasteiger partial charge is 0.0811 e. The van der Waals surface area contributed by atoms with Crippen molar-refractivity contribution in [2.24, 2.45) is 29.1 Å². The molecule has 4 heteroatoms. The third-order valence-corrected chi connectivity index (χ3v) is 8.65. The first-order valence-corrected chi connectivity index (χ1v) is 12.1. The monoisotopic (exact) mass is 430 g/mol. The second-order valence-electron chi connectivity index (χ2n) is 10.7. The van der Waals surface area contributed by atoms with E-state index >= 15 is 0 Å². The zero-order valence-electron chi connectivity index (χ0n) is 19.3. The predicted octanol–water partition coefficient (Wildman–Crippen LogP) is 4.27. The number of fused-ring (bicyclic) bond motifs is 1. The predicted molar refractivity (Wildman–Crippen MR) is 125 cm³/mol. The van der Waals surface area contributed by atoms with Gasteiger partial charge in [0.2, 0.25) is 0 Å². The average Bonchev–Trinajstić information content (AvgIpc) is 3.49. The van der Waals surface area contributed by atoms with Crippen LogP contribution in [0.1, 0.15) is 71.6 Å². The standard InChI is InChI=1S/C27H40O3.H2O/c1-17(6-13-25(29)20-8-9-20)23-11-12-24-19(5-4-14-27(23,24)3)7-10-21-15-22(28)16-26(30)18(21)2;/h6-7,10,13,17,20,22-26,28-30H,2,4-5,8-9,11-12,14-16H2,1,3H3;1H2/b13-6+,19-7?,21-10?;/t17-,22-,23-,24+,25-,26?,27-;/m1./s1. The molecular weight excluding hydrogens is 388 g/mol.